The molecule has 4 aliphatic rings. The average molecular weight is 471 g/mol. The number of unbranched alkanes of at least 4 members (excludes halogenated alkanes) is 1. The molecule has 2 saturated heterocycles. The van der Waals surface area contributed by atoms with Crippen molar-refractivity contribution < 1.29 is 19.7 Å². The van der Waals surface area contributed by atoms with Gasteiger partial charge in [0.15, 0.2) is 0 Å². The summed E-state index contributed by atoms with van der Waals surface area (Å²) < 4.78 is 12.4. The first kappa shape index (κ1) is 25.9. The smallest absolute Gasteiger partial charge is 0.0680 e. The van der Waals surface area contributed by atoms with Crippen molar-refractivity contribution in [3.05, 3.63) is 47.6 Å². The Labute approximate surface area is 206 Å². The van der Waals surface area contributed by atoms with Crippen molar-refractivity contribution in [2.45, 2.75) is 102 Å². The standard InChI is InChI=1S/C30H46O4/c1-19(2)23-11-13-25(29(23)31)27-15-9-21(17-33-27)7-5-6-8-22-10-16-28(34-18-22)26-14-12-24(20(3)4)30(26)32/h7-8,23-32H,1,3,5-6,9-18H2,2,4H3/b21-7-,22-8+/t23-,24-,25-,26-,27-,28-,29+,30+/m1/s1. The molecule has 0 amide bonds. The van der Waals surface area contributed by atoms with E-state index in [2.05, 4.69) is 25.3 Å². The van der Waals surface area contributed by atoms with Gasteiger partial charge in [-0.1, -0.05) is 36.5 Å². The summed E-state index contributed by atoms with van der Waals surface area (Å²) in [6, 6.07) is 0. The van der Waals surface area contributed by atoms with E-state index < -0.39 is 0 Å². The van der Waals surface area contributed by atoms with E-state index in [-0.39, 0.29) is 48.1 Å². The maximum atomic E-state index is 10.7. The number of allylic oxidation sites excluding steroid dienone is 2. The van der Waals surface area contributed by atoms with Crippen LogP contribution in [0.4, 0.5) is 0 Å². The summed E-state index contributed by atoms with van der Waals surface area (Å²) in [6.45, 7) is 13.6. The molecule has 34 heavy (non-hydrogen) atoms. The summed E-state index contributed by atoms with van der Waals surface area (Å²) in [5, 5.41) is 21.3. The van der Waals surface area contributed by atoms with E-state index >= 15 is 0 Å². The van der Waals surface area contributed by atoms with Crippen LogP contribution in [0.25, 0.3) is 0 Å². The molecule has 4 fully saturated rings. The molecule has 190 valence electrons. The van der Waals surface area contributed by atoms with E-state index in [1.54, 1.807) is 0 Å². The van der Waals surface area contributed by atoms with E-state index in [9.17, 15) is 10.2 Å². The fourth-order valence-corrected chi connectivity index (χ4v) is 6.88. The molecule has 4 rings (SSSR count). The van der Waals surface area contributed by atoms with Gasteiger partial charge in [-0.15, -0.1) is 0 Å². The minimum Gasteiger partial charge on any atom is -0.392 e. The van der Waals surface area contributed by atoms with Crippen LogP contribution in [0.1, 0.15) is 78.1 Å². The van der Waals surface area contributed by atoms with E-state index in [1.807, 2.05) is 13.8 Å². The summed E-state index contributed by atoms with van der Waals surface area (Å²) in [7, 11) is 0. The molecule has 4 heteroatoms. The lowest BCUT2D eigenvalue weighted by Crippen LogP contribution is -2.35. The normalized spacial score (nSPS) is 41.3. The van der Waals surface area contributed by atoms with Crippen molar-refractivity contribution in [3.63, 3.8) is 0 Å². The van der Waals surface area contributed by atoms with Gasteiger partial charge in [0.25, 0.3) is 0 Å². The van der Waals surface area contributed by atoms with Crippen LogP contribution in [0.3, 0.4) is 0 Å². The van der Waals surface area contributed by atoms with Gasteiger partial charge < -0.3 is 19.7 Å². The van der Waals surface area contributed by atoms with Gasteiger partial charge in [0, 0.05) is 23.7 Å². The van der Waals surface area contributed by atoms with Gasteiger partial charge in [0.1, 0.15) is 0 Å². The van der Waals surface area contributed by atoms with E-state index in [4.69, 9.17) is 9.47 Å². The summed E-state index contributed by atoms with van der Waals surface area (Å²) in [4.78, 5) is 0. The van der Waals surface area contributed by atoms with Crippen molar-refractivity contribution >= 4 is 0 Å². The Bertz CT molecular complexity index is 710. The van der Waals surface area contributed by atoms with Gasteiger partial charge in [0.2, 0.25) is 0 Å². The highest BCUT2D eigenvalue weighted by Crippen LogP contribution is 2.42. The van der Waals surface area contributed by atoms with Crippen molar-refractivity contribution in [2.24, 2.45) is 23.7 Å². The monoisotopic (exact) mass is 470 g/mol. The number of ether oxygens (including phenoxy) is 2. The van der Waals surface area contributed by atoms with Gasteiger partial charge in [0.05, 0.1) is 37.6 Å². The van der Waals surface area contributed by atoms with Crippen LogP contribution < -0.4 is 0 Å². The molecular weight excluding hydrogens is 424 g/mol. The highest BCUT2D eigenvalue weighted by Gasteiger charge is 2.41. The molecule has 2 aliphatic carbocycles. The van der Waals surface area contributed by atoms with Crippen molar-refractivity contribution in [1.29, 1.82) is 0 Å². The zero-order valence-corrected chi connectivity index (χ0v) is 21.4. The third-order valence-corrected chi connectivity index (χ3v) is 9.04. The topological polar surface area (TPSA) is 58.9 Å². The lowest BCUT2D eigenvalue weighted by Gasteiger charge is -2.32. The second-order valence-electron chi connectivity index (χ2n) is 11.4. The van der Waals surface area contributed by atoms with Gasteiger partial charge in [-0.2, -0.15) is 0 Å². The fraction of sp³-hybridized carbons (Fsp3) is 0.733. The number of rotatable bonds is 7. The Kier molecular flexibility index (Phi) is 8.90. The van der Waals surface area contributed by atoms with Crippen molar-refractivity contribution in [2.75, 3.05) is 13.2 Å². The average Bonchev–Trinajstić information content (AvgIpc) is 3.40. The van der Waals surface area contributed by atoms with Crippen LogP contribution >= 0.6 is 0 Å². The van der Waals surface area contributed by atoms with Gasteiger partial charge in [-0.25, -0.2) is 0 Å². The molecular formula is C30H46O4. The lowest BCUT2D eigenvalue weighted by molar-refractivity contribution is -0.0395. The van der Waals surface area contributed by atoms with Crippen LogP contribution in [0.15, 0.2) is 47.6 Å². The lowest BCUT2D eigenvalue weighted by atomic mass is 9.88. The van der Waals surface area contributed by atoms with Gasteiger partial charge in [-0.05, 0) is 89.2 Å². The Hall–Kier alpha value is -1.20. The zero-order valence-electron chi connectivity index (χ0n) is 21.4. The first-order chi connectivity index (χ1) is 16.3. The second-order valence-corrected chi connectivity index (χ2v) is 11.4. The molecule has 8 atom stereocenters. The minimum absolute atomic E-state index is 0.190. The molecule has 0 aromatic heterocycles. The Morgan fingerprint density at radius 1 is 0.735 bits per heavy atom. The third-order valence-electron chi connectivity index (χ3n) is 9.04. The van der Waals surface area contributed by atoms with Crippen molar-refractivity contribution in [1.82, 2.24) is 0 Å². The molecule has 2 N–H and O–H groups in total. The molecule has 0 radical (unpaired) electrons. The van der Waals surface area contributed by atoms with Crippen LogP contribution in [-0.4, -0.2) is 47.8 Å². The molecule has 0 unspecified atom stereocenters. The number of hydrogen-bond donors (Lipinski definition) is 2. The Balaban J connectivity index is 1.15. The SMILES string of the molecule is C=C(C)[C@H]1CC[C@H]([C@H]2CC/C(=C/CC/C=C3\CC[C@H]([C@H]4CC[C@H](C(=C)C)[C@@H]4O)OC3)CO2)[C@H]1O. The molecule has 0 bridgehead atoms. The maximum absolute atomic E-state index is 10.7. The minimum atomic E-state index is -0.290. The number of aliphatic hydroxyl groups is 2. The van der Waals surface area contributed by atoms with Gasteiger partial charge in [-0.3, -0.25) is 0 Å². The second kappa shape index (κ2) is 11.7. The summed E-state index contributed by atoms with van der Waals surface area (Å²) in [6.07, 6.45) is 15.0. The highest BCUT2D eigenvalue weighted by molar-refractivity contribution is 5.12. The molecule has 0 spiro atoms. The van der Waals surface area contributed by atoms with E-state index in [0.717, 1.165) is 75.4 Å². The van der Waals surface area contributed by atoms with Crippen LogP contribution in [-0.2, 0) is 9.47 Å². The molecule has 4 nitrogen and oxygen atoms in total. The maximum Gasteiger partial charge on any atom is 0.0680 e. The molecule has 2 heterocycles. The van der Waals surface area contributed by atoms with Crippen LogP contribution in [0, 0.1) is 23.7 Å². The molecule has 0 aromatic rings. The highest BCUT2D eigenvalue weighted by atomic mass is 16.5. The first-order valence-electron chi connectivity index (χ1n) is 13.6. The van der Waals surface area contributed by atoms with Gasteiger partial charge >= 0.3 is 0 Å². The predicted molar refractivity (Wildman–Crippen MR) is 137 cm³/mol. The zero-order chi connectivity index (χ0) is 24.2. The van der Waals surface area contributed by atoms with Crippen molar-refractivity contribution in [3.8, 4) is 0 Å². The van der Waals surface area contributed by atoms with Crippen LogP contribution in [0.5, 0.6) is 0 Å². The summed E-state index contributed by atoms with van der Waals surface area (Å²) in [5.74, 6) is 1.02. The Morgan fingerprint density at radius 2 is 1.15 bits per heavy atom. The first-order valence-corrected chi connectivity index (χ1v) is 13.6. The quantitative estimate of drug-likeness (QED) is 0.359. The largest absolute Gasteiger partial charge is 0.392 e. The fourth-order valence-electron chi connectivity index (χ4n) is 6.88. The number of aliphatic hydroxyl groups excluding tert-OH is 2. The van der Waals surface area contributed by atoms with E-state index in [0.29, 0.717) is 13.2 Å². The Morgan fingerprint density at radius 3 is 1.44 bits per heavy atom. The molecule has 0 aromatic carbocycles. The molecule has 2 aliphatic heterocycles. The third kappa shape index (κ3) is 5.95. The number of hydrogen-bond acceptors (Lipinski definition) is 4. The molecule has 2 saturated carbocycles. The van der Waals surface area contributed by atoms with Crippen LogP contribution in [0.2, 0.25) is 0 Å². The predicted octanol–water partition coefficient (Wildman–Crippen LogP) is 5.90. The summed E-state index contributed by atoms with van der Waals surface area (Å²) in [5.41, 5.74) is 5.01. The van der Waals surface area contributed by atoms with E-state index in [1.165, 1.54) is 11.1 Å². The summed E-state index contributed by atoms with van der Waals surface area (Å²) >= 11 is 0.